The number of hydrogen-bond acceptors (Lipinski definition) is 4. The lowest BCUT2D eigenvalue weighted by molar-refractivity contribution is -0.141. The van der Waals surface area contributed by atoms with E-state index in [4.69, 9.17) is 10.5 Å². The van der Waals surface area contributed by atoms with Gasteiger partial charge in [0.15, 0.2) is 0 Å². The maximum atomic E-state index is 12.6. The highest BCUT2D eigenvalue weighted by Gasteiger charge is 2.33. The van der Waals surface area contributed by atoms with E-state index in [1.54, 1.807) is 0 Å². The number of nitrogens with zero attached hydrogens (tertiary/aromatic N) is 1. The molecule has 2 aromatic rings. The number of phenols is 1. The van der Waals surface area contributed by atoms with Gasteiger partial charge < -0.3 is 15.6 Å². The molecule has 1 heterocycles. The fourth-order valence-corrected chi connectivity index (χ4v) is 1.52. The van der Waals surface area contributed by atoms with Gasteiger partial charge in [-0.3, -0.25) is 4.79 Å². The van der Waals surface area contributed by atoms with E-state index in [-0.39, 0.29) is 17.1 Å². The Morgan fingerprint density at radius 3 is 2.52 bits per heavy atom. The summed E-state index contributed by atoms with van der Waals surface area (Å²) in [5.74, 6) is -1.70. The maximum Gasteiger partial charge on any atom is 0.433 e. The molecule has 0 spiro atoms. The summed E-state index contributed by atoms with van der Waals surface area (Å²) in [7, 11) is 0. The molecule has 0 aliphatic rings. The number of pyridine rings is 1. The molecule has 8 heteroatoms. The van der Waals surface area contributed by atoms with Crippen LogP contribution < -0.4 is 10.5 Å². The number of aromatic hydroxyl groups is 1. The van der Waals surface area contributed by atoms with Crippen molar-refractivity contribution in [1.29, 1.82) is 0 Å². The second kappa shape index (κ2) is 5.31. The summed E-state index contributed by atoms with van der Waals surface area (Å²) in [5.41, 5.74) is 3.55. The summed E-state index contributed by atoms with van der Waals surface area (Å²) >= 11 is 0. The zero-order valence-electron chi connectivity index (χ0n) is 10.4. The Hall–Kier alpha value is -2.77. The van der Waals surface area contributed by atoms with Crippen LogP contribution in [0.3, 0.4) is 0 Å². The molecule has 21 heavy (non-hydrogen) atoms. The zero-order chi connectivity index (χ0) is 15.6. The Morgan fingerprint density at radius 1 is 1.24 bits per heavy atom. The Labute approximate surface area is 116 Å². The number of halogens is 3. The van der Waals surface area contributed by atoms with Crippen molar-refractivity contribution in [3.8, 4) is 17.4 Å². The Kier molecular flexibility index (Phi) is 3.70. The van der Waals surface area contributed by atoms with Gasteiger partial charge >= 0.3 is 6.18 Å². The monoisotopic (exact) mass is 298 g/mol. The van der Waals surface area contributed by atoms with E-state index in [9.17, 15) is 23.1 Å². The number of hydrogen-bond donors (Lipinski definition) is 2. The molecule has 0 aliphatic heterocycles. The van der Waals surface area contributed by atoms with E-state index in [1.807, 2.05) is 0 Å². The number of primary amides is 1. The van der Waals surface area contributed by atoms with Gasteiger partial charge in [-0.05, 0) is 24.3 Å². The van der Waals surface area contributed by atoms with Gasteiger partial charge in [0.05, 0.1) is 0 Å². The minimum Gasteiger partial charge on any atom is -0.508 e. The average molecular weight is 298 g/mol. The normalized spacial score (nSPS) is 11.2. The van der Waals surface area contributed by atoms with Crippen molar-refractivity contribution < 1.29 is 27.8 Å². The van der Waals surface area contributed by atoms with Crippen LogP contribution in [0.15, 0.2) is 36.4 Å². The molecule has 0 aliphatic carbocycles. The van der Waals surface area contributed by atoms with Gasteiger partial charge in [0, 0.05) is 6.07 Å². The highest BCUT2D eigenvalue weighted by atomic mass is 19.4. The van der Waals surface area contributed by atoms with Gasteiger partial charge in [-0.2, -0.15) is 13.2 Å². The molecular formula is C13H9F3N2O3. The molecule has 0 unspecified atom stereocenters. The summed E-state index contributed by atoms with van der Waals surface area (Å²) in [4.78, 5) is 14.5. The van der Waals surface area contributed by atoms with Crippen molar-refractivity contribution >= 4 is 5.91 Å². The van der Waals surface area contributed by atoms with Crippen LogP contribution in [-0.2, 0) is 6.18 Å². The molecule has 0 radical (unpaired) electrons. The third-order valence-electron chi connectivity index (χ3n) is 2.45. The number of benzene rings is 1. The van der Waals surface area contributed by atoms with Crippen molar-refractivity contribution in [3.05, 3.63) is 47.7 Å². The van der Waals surface area contributed by atoms with E-state index in [2.05, 4.69) is 4.98 Å². The number of ether oxygens (including phenoxy) is 1. The Balaban J connectivity index is 2.46. The fourth-order valence-electron chi connectivity index (χ4n) is 1.52. The number of carbonyl (C=O) groups excluding carboxylic acids is 1. The van der Waals surface area contributed by atoms with Gasteiger partial charge in [-0.25, -0.2) is 4.98 Å². The standard InChI is InChI=1S/C13H9F3N2O3/c14-13(15,16)10-5-4-9(11(17)20)12(18-10)21-8-3-1-2-7(19)6-8/h1-6,19H,(H2,17,20). The van der Waals surface area contributed by atoms with Crippen LogP contribution >= 0.6 is 0 Å². The lowest BCUT2D eigenvalue weighted by Crippen LogP contribution is -2.16. The highest BCUT2D eigenvalue weighted by Crippen LogP contribution is 2.32. The van der Waals surface area contributed by atoms with Crippen LogP contribution in [0.1, 0.15) is 16.1 Å². The van der Waals surface area contributed by atoms with Gasteiger partial charge in [-0.1, -0.05) is 6.07 Å². The third kappa shape index (κ3) is 3.41. The first-order valence-corrected chi connectivity index (χ1v) is 5.62. The minimum atomic E-state index is -4.69. The highest BCUT2D eigenvalue weighted by molar-refractivity contribution is 5.95. The minimum absolute atomic E-state index is 0.0179. The van der Waals surface area contributed by atoms with Crippen LogP contribution in [0, 0.1) is 0 Å². The van der Waals surface area contributed by atoms with Gasteiger partial charge in [0.25, 0.3) is 5.91 Å². The van der Waals surface area contributed by atoms with Crippen molar-refractivity contribution in [1.82, 2.24) is 4.98 Å². The quantitative estimate of drug-likeness (QED) is 0.912. The van der Waals surface area contributed by atoms with E-state index >= 15 is 0 Å². The Morgan fingerprint density at radius 2 is 1.95 bits per heavy atom. The molecule has 0 saturated heterocycles. The third-order valence-corrected chi connectivity index (χ3v) is 2.45. The SMILES string of the molecule is NC(=O)c1ccc(C(F)(F)F)nc1Oc1cccc(O)c1. The second-order valence-electron chi connectivity index (χ2n) is 4.01. The van der Waals surface area contributed by atoms with Crippen molar-refractivity contribution in [2.45, 2.75) is 6.18 Å². The average Bonchev–Trinajstić information content (AvgIpc) is 2.37. The van der Waals surface area contributed by atoms with Crippen molar-refractivity contribution in [2.75, 3.05) is 0 Å². The predicted octanol–water partition coefficient (Wildman–Crippen LogP) is 2.70. The number of phenolic OH excluding ortho intramolecular Hbond substituents is 1. The largest absolute Gasteiger partial charge is 0.508 e. The first-order valence-electron chi connectivity index (χ1n) is 5.62. The molecule has 1 aromatic heterocycles. The number of alkyl halides is 3. The van der Waals surface area contributed by atoms with E-state index < -0.39 is 23.7 Å². The number of aromatic nitrogens is 1. The smallest absolute Gasteiger partial charge is 0.433 e. The number of rotatable bonds is 3. The van der Waals surface area contributed by atoms with E-state index in [0.29, 0.717) is 6.07 Å². The number of amides is 1. The summed E-state index contributed by atoms with van der Waals surface area (Å²) in [6.07, 6.45) is -4.69. The van der Waals surface area contributed by atoms with Crippen molar-refractivity contribution in [2.24, 2.45) is 5.73 Å². The molecule has 0 atom stereocenters. The topological polar surface area (TPSA) is 85.4 Å². The molecule has 110 valence electrons. The molecule has 1 amide bonds. The lowest BCUT2D eigenvalue weighted by atomic mass is 10.2. The zero-order valence-corrected chi connectivity index (χ0v) is 10.4. The Bertz CT molecular complexity index is 687. The molecule has 5 nitrogen and oxygen atoms in total. The van der Waals surface area contributed by atoms with Gasteiger partial charge in [0.1, 0.15) is 22.8 Å². The lowest BCUT2D eigenvalue weighted by Gasteiger charge is -2.11. The van der Waals surface area contributed by atoms with Crippen LogP contribution in [-0.4, -0.2) is 16.0 Å². The van der Waals surface area contributed by atoms with Gasteiger partial charge in [0.2, 0.25) is 5.88 Å². The first kappa shape index (κ1) is 14.6. The van der Waals surface area contributed by atoms with Crippen molar-refractivity contribution in [3.63, 3.8) is 0 Å². The molecule has 0 saturated carbocycles. The van der Waals surface area contributed by atoms with Crippen LogP contribution in [0.2, 0.25) is 0 Å². The predicted molar refractivity (Wildman–Crippen MR) is 65.9 cm³/mol. The van der Waals surface area contributed by atoms with Gasteiger partial charge in [-0.15, -0.1) is 0 Å². The van der Waals surface area contributed by atoms with E-state index in [1.165, 1.54) is 18.2 Å². The van der Waals surface area contributed by atoms with Crippen LogP contribution in [0.4, 0.5) is 13.2 Å². The van der Waals surface area contributed by atoms with Crippen LogP contribution in [0.5, 0.6) is 17.4 Å². The number of carbonyl (C=O) groups is 1. The molecular weight excluding hydrogens is 289 g/mol. The molecule has 2 rings (SSSR count). The first-order chi connectivity index (χ1) is 9.77. The molecule has 1 aromatic carbocycles. The second-order valence-corrected chi connectivity index (χ2v) is 4.01. The number of nitrogens with two attached hydrogens (primary N) is 1. The summed E-state index contributed by atoms with van der Waals surface area (Å²) in [6, 6.07) is 6.83. The fraction of sp³-hybridized carbons (Fsp3) is 0.0769. The molecule has 0 fully saturated rings. The van der Waals surface area contributed by atoms with E-state index in [0.717, 1.165) is 12.1 Å². The summed E-state index contributed by atoms with van der Waals surface area (Å²) < 4.78 is 43.0. The maximum absolute atomic E-state index is 12.6. The summed E-state index contributed by atoms with van der Waals surface area (Å²) in [5, 5.41) is 9.28. The van der Waals surface area contributed by atoms with Crippen LogP contribution in [0.25, 0.3) is 0 Å². The molecule has 3 N–H and O–H groups in total. The summed E-state index contributed by atoms with van der Waals surface area (Å²) in [6.45, 7) is 0. The molecule has 0 bridgehead atoms.